The second kappa shape index (κ2) is 8.35. The molecule has 0 unspecified atom stereocenters. The lowest BCUT2D eigenvalue weighted by Crippen LogP contribution is -2.13. The number of carbonyl (C=O) groups excluding carboxylic acids is 1. The first-order valence-electron chi connectivity index (χ1n) is 6.98. The third kappa shape index (κ3) is 5.07. The van der Waals surface area contributed by atoms with Crippen LogP contribution in [0.25, 0.3) is 11.5 Å². The zero-order valence-corrected chi connectivity index (χ0v) is 17.2. The van der Waals surface area contributed by atoms with Gasteiger partial charge in [-0.3, -0.25) is 4.79 Å². The molecule has 5 nitrogen and oxygen atoms in total. The number of anilines is 1. The maximum absolute atomic E-state index is 12.0. The van der Waals surface area contributed by atoms with Crippen LogP contribution in [0.3, 0.4) is 0 Å². The van der Waals surface area contributed by atoms with Gasteiger partial charge in [0, 0.05) is 20.2 Å². The van der Waals surface area contributed by atoms with Crippen LogP contribution in [0.1, 0.15) is 0 Å². The van der Waals surface area contributed by atoms with E-state index in [1.54, 1.807) is 18.2 Å². The SMILES string of the molecule is O=C(CSc1nnc(-c2ccc(Br)cc2)o1)Nc1ccc(Cl)c(Br)c1. The molecular weight excluding hydrogens is 494 g/mol. The number of amides is 1. The molecule has 0 aliphatic heterocycles. The van der Waals surface area contributed by atoms with Crippen molar-refractivity contribution in [2.24, 2.45) is 0 Å². The summed E-state index contributed by atoms with van der Waals surface area (Å²) in [4.78, 5) is 12.0. The van der Waals surface area contributed by atoms with Gasteiger partial charge in [-0.05, 0) is 58.4 Å². The van der Waals surface area contributed by atoms with E-state index in [1.807, 2.05) is 24.3 Å². The summed E-state index contributed by atoms with van der Waals surface area (Å²) in [5.74, 6) is 0.391. The van der Waals surface area contributed by atoms with Crippen molar-refractivity contribution in [2.45, 2.75) is 5.22 Å². The van der Waals surface area contributed by atoms with E-state index in [0.717, 1.165) is 14.5 Å². The van der Waals surface area contributed by atoms with Crippen LogP contribution in [-0.4, -0.2) is 21.9 Å². The standard InChI is InChI=1S/C16H10Br2ClN3O2S/c17-10-3-1-9(2-4-10)15-21-22-16(24-15)25-8-14(23)20-11-5-6-13(19)12(18)7-11/h1-7H,8H2,(H,20,23). The van der Waals surface area contributed by atoms with Crippen molar-refractivity contribution in [1.82, 2.24) is 10.2 Å². The Labute approximate surface area is 169 Å². The molecule has 128 valence electrons. The van der Waals surface area contributed by atoms with Gasteiger partial charge in [0.1, 0.15) is 0 Å². The predicted molar refractivity (Wildman–Crippen MR) is 106 cm³/mol. The van der Waals surface area contributed by atoms with E-state index >= 15 is 0 Å². The molecule has 1 heterocycles. The summed E-state index contributed by atoms with van der Waals surface area (Å²) in [7, 11) is 0. The molecule has 0 saturated carbocycles. The van der Waals surface area contributed by atoms with E-state index in [2.05, 4.69) is 47.4 Å². The van der Waals surface area contributed by atoms with E-state index in [-0.39, 0.29) is 11.7 Å². The lowest BCUT2D eigenvalue weighted by atomic mass is 10.2. The summed E-state index contributed by atoms with van der Waals surface area (Å²) in [5.41, 5.74) is 1.47. The van der Waals surface area contributed by atoms with E-state index in [1.165, 1.54) is 11.8 Å². The molecule has 0 aliphatic carbocycles. The second-order valence-corrected chi connectivity index (χ2v) is 7.95. The number of thioether (sulfide) groups is 1. The quantitative estimate of drug-likeness (QED) is 0.456. The average Bonchev–Trinajstić information content (AvgIpc) is 3.06. The number of hydrogen-bond donors (Lipinski definition) is 1. The van der Waals surface area contributed by atoms with Gasteiger partial charge >= 0.3 is 0 Å². The molecule has 1 aromatic heterocycles. The molecule has 2 aromatic carbocycles. The molecule has 25 heavy (non-hydrogen) atoms. The Morgan fingerprint density at radius 1 is 1.16 bits per heavy atom. The topological polar surface area (TPSA) is 68.0 Å². The van der Waals surface area contributed by atoms with Crippen molar-refractivity contribution in [3.63, 3.8) is 0 Å². The minimum Gasteiger partial charge on any atom is -0.411 e. The third-order valence-corrected chi connectivity index (χ3v) is 5.59. The van der Waals surface area contributed by atoms with Crippen molar-refractivity contribution in [3.8, 4) is 11.5 Å². The molecule has 3 rings (SSSR count). The Hall–Kier alpha value is -1.35. The fraction of sp³-hybridized carbons (Fsp3) is 0.0625. The van der Waals surface area contributed by atoms with E-state index in [9.17, 15) is 4.79 Å². The molecule has 1 amide bonds. The van der Waals surface area contributed by atoms with Gasteiger partial charge in [0.05, 0.1) is 10.8 Å². The first-order chi connectivity index (χ1) is 12.0. The molecule has 3 aromatic rings. The lowest BCUT2D eigenvalue weighted by molar-refractivity contribution is -0.113. The van der Waals surface area contributed by atoms with E-state index in [0.29, 0.717) is 21.8 Å². The fourth-order valence-electron chi connectivity index (χ4n) is 1.88. The average molecular weight is 504 g/mol. The van der Waals surface area contributed by atoms with Gasteiger partial charge in [-0.2, -0.15) is 0 Å². The number of hydrogen-bond acceptors (Lipinski definition) is 5. The van der Waals surface area contributed by atoms with E-state index in [4.69, 9.17) is 16.0 Å². The van der Waals surface area contributed by atoms with Crippen LogP contribution in [0.5, 0.6) is 0 Å². The molecule has 0 spiro atoms. The van der Waals surface area contributed by atoms with Crippen molar-refractivity contribution < 1.29 is 9.21 Å². The van der Waals surface area contributed by atoms with E-state index < -0.39 is 0 Å². The van der Waals surface area contributed by atoms with Crippen LogP contribution >= 0.6 is 55.2 Å². The highest BCUT2D eigenvalue weighted by molar-refractivity contribution is 9.10. The highest BCUT2D eigenvalue weighted by Crippen LogP contribution is 2.27. The zero-order chi connectivity index (χ0) is 17.8. The molecular formula is C16H10Br2ClN3O2S. The van der Waals surface area contributed by atoms with Crippen molar-refractivity contribution >= 4 is 66.8 Å². The second-order valence-electron chi connectivity index (χ2n) is 4.85. The van der Waals surface area contributed by atoms with Crippen molar-refractivity contribution in [1.29, 1.82) is 0 Å². The molecule has 0 bridgehead atoms. The maximum Gasteiger partial charge on any atom is 0.277 e. The van der Waals surface area contributed by atoms with Gasteiger partial charge in [0.2, 0.25) is 11.8 Å². The molecule has 9 heteroatoms. The molecule has 0 atom stereocenters. The first kappa shape index (κ1) is 18.4. The monoisotopic (exact) mass is 501 g/mol. The van der Waals surface area contributed by atoms with Crippen LogP contribution in [0, 0.1) is 0 Å². The number of rotatable bonds is 5. The van der Waals surface area contributed by atoms with Crippen LogP contribution < -0.4 is 5.32 Å². The normalized spacial score (nSPS) is 10.7. The number of nitrogens with one attached hydrogen (secondary N) is 1. The minimum atomic E-state index is -0.178. The number of carbonyl (C=O) groups is 1. The van der Waals surface area contributed by atoms with Gasteiger partial charge < -0.3 is 9.73 Å². The predicted octanol–water partition coefficient (Wildman–Crippen LogP) is 5.65. The Morgan fingerprint density at radius 3 is 2.64 bits per heavy atom. The summed E-state index contributed by atoms with van der Waals surface area (Å²) in [6.45, 7) is 0. The van der Waals surface area contributed by atoms with Crippen molar-refractivity contribution in [3.05, 3.63) is 56.4 Å². The Morgan fingerprint density at radius 2 is 1.92 bits per heavy atom. The highest BCUT2D eigenvalue weighted by atomic mass is 79.9. The largest absolute Gasteiger partial charge is 0.411 e. The van der Waals surface area contributed by atoms with Gasteiger partial charge in [-0.25, -0.2) is 0 Å². The smallest absolute Gasteiger partial charge is 0.277 e. The van der Waals surface area contributed by atoms with Gasteiger partial charge in [-0.15, -0.1) is 10.2 Å². The molecule has 0 radical (unpaired) electrons. The molecule has 0 fully saturated rings. The summed E-state index contributed by atoms with van der Waals surface area (Å²) >= 11 is 13.8. The van der Waals surface area contributed by atoms with Crippen LogP contribution in [-0.2, 0) is 4.79 Å². The molecule has 0 saturated heterocycles. The zero-order valence-electron chi connectivity index (χ0n) is 12.5. The summed E-state index contributed by atoms with van der Waals surface area (Å²) in [5, 5.41) is 11.6. The third-order valence-electron chi connectivity index (χ3n) is 3.03. The van der Waals surface area contributed by atoms with Gasteiger partial charge in [-0.1, -0.05) is 39.3 Å². The Balaban J connectivity index is 1.57. The Kier molecular flexibility index (Phi) is 6.16. The summed E-state index contributed by atoms with van der Waals surface area (Å²) < 4.78 is 7.25. The highest BCUT2D eigenvalue weighted by Gasteiger charge is 2.11. The summed E-state index contributed by atoms with van der Waals surface area (Å²) in [6, 6.07) is 12.7. The number of nitrogens with zero attached hydrogens (tertiary/aromatic N) is 2. The number of halogens is 3. The van der Waals surface area contributed by atoms with Gasteiger partial charge in [0.15, 0.2) is 0 Å². The maximum atomic E-state index is 12.0. The Bertz CT molecular complexity index is 903. The lowest BCUT2D eigenvalue weighted by Gasteiger charge is -2.05. The number of benzene rings is 2. The first-order valence-corrected chi connectivity index (χ1v) is 9.93. The molecule has 1 N–H and O–H groups in total. The number of aromatic nitrogens is 2. The molecule has 0 aliphatic rings. The van der Waals surface area contributed by atoms with Crippen molar-refractivity contribution in [2.75, 3.05) is 11.1 Å². The van der Waals surface area contributed by atoms with Crippen LogP contribution in [0.15, 0.2) is 61.0 Å². The van der Waals surface area contributed by atoms with Gasteiger partial charge in [0.25, 0.3) is 5.22 Å². The fourth-order valence-corrected chi connectivity index (χ4v) is 3.20. The minimum absolute atomic E-state index is 0.155. The van der Waals surface area contributed by atoms with Crippen LogP contribution in [0.4, 0.5) is 5.69 Å². The van der Waals surface area contributed by atoms with Crippen LogP contribution in [0.2, 0.25) is 5.02 Å². The summed E-state index contributed by atoms with van der Waals surface area (Å²) in [6.07, 6.45) is 0.